The Labute approximate surface area is 174 Å². The van der Waals surface area contributed by atoms with Gasteiger partial charge in [-0.3, -0.25) is 10.1 Å². The maximum atomic E-state index is 13.2. The van der Waals surface area contributed by atoms with Crippen molar-refractivity contribution in [3.05, 3.63) is 83.4 Å². The largest absolute Gasteiger partial charge is 0.439 e. The maximum Gasteiger partial charge on any atom is 0.259 e. The summed E-state index contributed by atoms with van der Waals surface area (Å²) < 4.78 is 18.7. The first-order valence-corrected chi connectivity index (χ1v) is 9.69. The van der Waals surface area contributed by atoms with Crippen molar-refractivity contribution in [1.82, 2.24) is 20.2 Å². The molecule has 0 unspecified atom stereocenters. The normalized spacial score (nSPS) is 10.4. The summed E-state index contributed by atoms with van der Waals surface area (Å²) in [5.41, 5.74) is 2.85. The second kappa shape index (κ2) is 9.05. The molecule has 0 bridgehead atoms. The van der Waals surface area contributed by atoms with E-state index in [0.29, 0.717) is 34.7 Å². The number of amides is 1. The van der Waals surface area contributed by atoms with E-state index in [0.717, 1.165) is 5.56 Å². The molecule has 3 heterocycles. The Balaban J connectivity index is 1.30. The zero-order chi connectivity index (χ0) is 20.8. The number of rotatable bonds is 7. The van der Waals surface area contributed by atoms with Crippen molar-refractivity contribution >= 4 is 28.2 Å². The number of benzene rings is 1. The lowest BCUT2D eigenvalue weighted by Gasteiger charge is -2.08. The molecule has 0 aliphatic carbocycles. The number of pyridine rings is 2. The van der Waals surface area contributed by atoms with Crippen LogP contribution in [-0.4, -0.2) is 26.1 Å². The highest BCUT2D eigenvalue weighted by atomic mass is 32.1. The summed E-state index contributed by atoms with van der Waals surface area (Å²) in [4.78, 5) is 20.6. The molecule has 1 aromatic carbocycles. The molecule has 0 atom stereocenters. The molecule has 0 aliphatic rings. The van der Waals surface area contributed by atoms with Crippen molar-refractivity contribution in [2.24, 2.45) is 0 Å². The molecule has 8 nitrogen and oxygen atoms in total. The van der Waals surface area contributed by atoms with Crippen molar-refractivity contribution in [3.63, 3.8) is 0 Å². The zero-order valence-electron chi connectivity index (χ0n) is 15.4. The molecule has 10 heteroatoms. The fourth-order valence-corrected chi connectivity index (χ4v) is 2.89. The van der Waals surface area contributed by atoms with Crippen molar-refractivity contribution in [1.29, 1.82) is 0 Å². The van der Waals surface area contributed by atoms with E-state index < -0.39 is 0 Å². The van der Waals surface area contributed by atoms with Gasteiger partial charge in [-0.1, -0.05) is 23.5 Å². The molecule has 0 fully saturated rings. The lowest BCUT2D eigenvalue weighted by molar-refractivity contribution is 0.102. The van der Waals surface area contributed by atoms with Crippen LogP contribution in [0.25, 0.3) is 0 Å². The molecule has 0 saturated heterocycles. The van der Waals surface area contributed by atoms with Crippen LogP contribution in [0.5, 0.6) is 11.6 Å². The van der Waals surface area contributed by atoms with Crippen molar-refractivity contribution < 1.29 is 13.9 Å². The Morgan fingerprint density at radius 1 is 1.10 bits per heavy atom. The fraction of sp³-hybridized carbons (Fsp3) is 0.0500. The number of nitrogens with one attached hydrogen (secondary N) is 2. The quantitative estimate of drug-likeness (QED) is 0.462. The van der Waals surface area contributed by atoms with Gasteiger partial charge in [0.05, 0.1) is 5.56 Å². The first-order valence-electron chi connectivity index (χ1n) is 8.81. The molecule has 0 spiro atoms. The standard InChI is InChI=1S/C20H15FN6O2S/c21-15-2-1-3-16(8-15)29-18-7-4-13(10-24-18)9-22-17-6-5-14(11-23-17)19(28)26-20-27-25-12-30-20/h1-8,10-12H,9H2,(H,22,23)(H,26,27,28). The summed E-state index contributed by atoms with van der Waals surface area (Å²) in [6, 6.07) is 12.8. The van der Waals surface area contributed by atoms with Gasteiger partial charge in [0.15, 0.2) is 0 Å². The highest BCUT2D eigenvalue weighted by Crippen LogP contribution is 2.20. The predicted molar refractivity (Wildman–Crippen MR) is 110 cm³/mol. The average molecular weight is 422 g/mol. The summed E-state index contributed by atoms with van der Waals surface area (Å²) in [7, 11) is 0. The first-order chi connectivity index (χ1) is 14.7. The van der Waals surface area contributed by atoms with E-state index in [1.54, 1.807) is 36.5 Å². The van der Waals surface area contributed by atoms with E-state index in [4.69, 9.17) is 4.74 Å². The summed E-state index contributed by atoms with van der Waals surface area (Å²) in [5, 5.41) is 13.7. The van der Waals surface area contributed by atoms with Gasteiger partial charge in [0.1, 0.15) is 22.9 Å². The summed E-state index contributed by atoms with van der Waals surface area (Å²) >= 11 is 1.24. The van der Waals surface area contributed by atoms with Crippen molar-refractivity contribution in [3.8, 4) is 11.6 Å². The Kier molecular flexibility index (Phi) is 5.85. The van der Waals surface area contributed by atoms with Gasteiger partial charge >= 0.3 is 0 Å². The monoisotopic (exact) mass is 422 g/mol. The van der Waals surface area contributed by atoms with Crippen LogP contribution in [0.1, 0.15) is 15.9 Å². The van der Waals surface area contributed by atoms with Crippen LogP contribution in [0, 0.1) is 5.82 Å². The third-order valence-electron chi connectivity index (χ3n) is 3.90. The molecular formula is C20H15FN6O2S. The number of carbonyl (C=O) groups excluding carboxylic acids is 1. The zero-order valence-corrected chi connectivity index (χ0v) is 16.3. The van der Waals surface area contributed by atoms with Gasteiger partial charge in [-0.05, 0) is 29.8 Å². The number of carbonyl (C=O) groups is 1. The van der Waals surface area contributed by atoms with E-state index in [2.05, 4.69) is 30.8 Å². The average Bonchev–Trinajstić information content (AvgIpc) is 3.27. The van der Waals surface area contributed by atoms with Crippen molar-refractivity contribution in [2.75, 3.05) is 10.6 Å². The van der Waals surface area contributed by atoms with Crippen LogP contribution in [0.2, 0.25) is 0 Å². The Morgan fingerprint density at radius 2 is 2.03 bits per heavy atom. The minimum atomic E-state index is -0.371. The van der Waals surface area contributed by atoms with Gasteiger partial charge in [-0.15, -0.1) is 10.2 Å². The predicted octanol–water partition coefficient (Wildman–Crippen LogP) is 4.12. The summed E-state index contributed by atoms with van der Waals surface area (Å²) in [6.07, 6.45) is 3.14. The molecular weight excluding hydrogens is 407 g/mol. The Morgan fingerprint density at radius 3 is 2.73 bits per heavy atom. The number of nitrogens with zero attached hydrogens (tertiary/aromatic N) is 4. The van der Waals surface area contributed by atoms with Gasteiger partial charge in [-0.2, -0.15) is 0 Å². The molecule has 4 aromatic rings. The minimum Gasteiger partial charge on any atom is -0.439 e. The first kappa shape index (κ1) is 19.4. The molecule has 4 rings (SSSR count). The molecule has 3 aromatic heterocycles. The van der Waals surface area contributed by atoms with Gasteiger partial charge in [0.2, 0.25) is 11.0 Å². The molecule has 150 valence electrons. The topological polar surface area (TPSA) is 102 Å². The molecule has 1 amide bonds. The van der Waals surface area contributed by atoms with Gasteiger partial charge in [-0.25, -0.2) is 14.4 Å². The highest BCUT2D eigenvalue weighted by Gasteiger charge is 2.08. The van der Waals surface area contributed by atoms with Crippen LogP contribution >= 0.6 is 11.3 Å². The lowest BCUT2D eigenvalue weighted by atomic mass is 10.2. The molecule has 2 N–H and O–H groups in total. The van der Waals surface area contributed by atoms with E-state index in [9.17, 15) is 9.18 Å². The Hall–Kier alpha value is -3.92. The number of halogens is 1. The van der Waals surface area contributed by atoms with E-state index >= 15 is 0 Å². The van der Waals surface area contributed by atoms with Gasteiger partial charge in [0, 0.05) is 31.1 Å². The second-order valence-corrected chi connectivity index (χ2v) is 6.88. The van der Waals surface area contributed by atoms with Crippen LogP contribution in [-0.2, 0) is 6.54 Å². The number of anilines is 2. The van der Waals surface area contributed by atoms with E-state index in [-0.39, 0.29) is 11.7 Å². The smallest absolute Gasteiger partial charge is 0.259 e. The molecule has 0 saturated carbocycles. The van der Waals surface area contributed by atoms with E-state index in [1.165, 1.54) is 35.2 Å². The van der Waals surface area contributed by atoms with Gasteiger partial charge in [0.25, 0.3) is 5.91 Å². The second-order valence-electron chi connectivity index (χ2n) is 6.05. The fourth-order valence-electron chi connectivity index (χ4n) is 2.45. The minimum absolute atomic E-state index is 0.302. The third-order valence-corrected chi connectivity index (χ3v) is 4.50. The number of ether oxygens (including phenoxy) is 1. The van der Waals surface area contributed by atoms with E-state index in [1.807, 2.05) is 6.07 Å². The molecule has 30 heavy (non-hydrogen) atoms. The molecule has 0 radical (unpaired) electrons. The number of hydrogen-bond donors (Lipinski definition) is 2. The van der Waals surface area contributed by atoms with Crippen LogP contribution < -0.4 is 15.4 Å². The third kappa shape index (κ3) is 5.11. The SMILES string of the molecule is O=C(Nc1nncs1)c1ccc(NCc2ccc(Oc3cccc(F)c3)nc2)nc1. The van der Waals surface area contributed by atoms with Crippen LogP contribution in [0.15, 0.2) is 66.4 Å². The summed E-state index contributed by atoms with van der Waals surface area (Å²) in [6.45, 7) is 0.483. The summed E-state index contributed by atoms with van der Waals surface area (Å²) in [5.74, 6) is 0.692. The number of aromatic nitrogens is 4. The maximum absolute atomic E-state index is 13.2. The highest BCUT2D eigenvalue weighted by molar-refractivity contribution is 7.13. The van der Waals surface area contributed by atoms with Gasteiger partial charge < -0.3 is 10.1 Å². The lowest BCUT2D eigenvalue weighted by Crippen LogP contribution is -2.12. The number of hydrogen-bond acceptors (Lipinski definition) is 8. The van der Waals surface area contributed by atoms with Crippen molar-refractivity contribution in [2.45, 2.75) is 6.54 Å². The van der Waals surface area contributed by atoms with Crippen LogP contribution in [0.4, 0.5) is 15.3 Å². The molecule has 0 aliphatic heterocycles. The Bertz CT molecular complexity index is 1120. The van der Waals surface area contributed by atoms with Crippen LogP contribution in [0.3, 0.4) is 0 Å².